The van der Waals surface area contributed by atoms with E-state index in [1.165, 1.54) is 18.4 Å². The van der Waals surface area contributed by atoms with Crippen molar-refractivity contribution in [3.8, 4) is 34.3 Å². The fourth-order valence-corrected chi connectivity index (χ4v) is 3.78. The zero-order chi connectivity index (χ0) is 19.5. The van der Waals surface area contributed by atoms with Crippen molar-refractivity contribution in [1.82, 2.24) is 15.0 Å². The van der Waals surface area contributed by atoms with Crippen molar-refractivity contribution >= 4 is 0 Å². The number of nitrogens with zero attached hydrogens (tertiary/aromatic N) is 3. The molecule has 0 radical (unpaired) electrons. The highest BCUT2D eigenvalue weighted by Crippen LogP contribution is 2.35. The van der Waals surface area contributed by atoms with E-state index in [0.29, 0.717) is 17.3 Å². The van der Waals surface area contributed by atoms with E-state index in [0.717, 1.165) is 47.6 Å². The maximum atomic E-state index is 5.52. The lowest BCUT2D eigenvalue weighted by atomic mass is 10.00. The van der Waals surface area contributed by atoms with Crippen LogP contribution in [0.25, 0.3) is 22.8 Å². The quantitative estimate of drug-likeness (QED) is 0.613. The summed E-state index contributed by atoms with van der Waals surface area (Å²) in [6.07, 6.45) is 5.53. The summed E-state index contributed by atoms with van der Waals surface area (Å²) < 4.78 is 10.9. The van der Waals surface area contributed by atoms with Gasteiger partial charge in [-0.2, -0.15) is 0 Å². The lowest BCUT2D eigenvalue weighted by molar-refractivity contribution is 0.355. The first-order valence-electron chi connectivity index (χ1n) is 9.76. The van der Waals surface area contributed by atoms with Crippen LogP contribution in [-0.2, 0) is 12.8 Å². The number of benzene rings is 1. The van der Waals surface area contributed by atoms with E-state index in [1.54, 1.807) is 14.2 Å². The number of rotatable bonds is 4. The van der Waals surface area contributed by atoms with Crippen molar-refractivity contribution < 1.29 is 9.47 Å². The van der Waals surface area contributed by atoms with Gasteiger partial charge in [0.15, 0.2) is 17.3 Å². The van der Waals surface area contributed by atoms with Gasteiger partial charge >= 0.3 is 0 Å². The average Bonchev–Trinajstić information content (AvgIpc) is 2.98. The second-order valence-electron chi connectivity index (χ2n) is 7.12. The summed E-state index contributed by atoms with van der Waals surface area (Å²) in [6, 6.07) is 11.9. The van der Waals surface area contributed by atoms with Crippen LogP contribution < -0.4 is 9.47 Å². The number of ether oxygens (including phenoxy) is 2. The molecule has 0 spiro atoms. The van der Waals surface area contributed by atoms with Crippen LogP contribution in [-0.4, -0.2) is 29.2 Å². The highest BCUT2D eigenvalue weighted by molar-refractivity contribution is 5.70. The van der Waals surface area contributed by atoms with E-state index >= 15 is 0 Å². The summed E-state index contributed by atoms with van der Waals surface area (Å²) in [5.41, 5.74) is 6.17. The zero-order valence-electron chi connectivity index (χ0n) is 16.7. The highest BCUT2D eigenvalue weighted by Gasteiger charge is 2.20. The molecule has 3 aromatic rings. The number of aromatic nitrogens is 3. The molecule has 28 heavy (non-hydrogen) atoms. The van der Waals surface area contributed by atoms with Crippen LogP contribution in [0, 0.1) is 6.92 Å². The summed E-state index contributed by atoms with van der Waals surface area (Å²) in [4.78, 5) is 14.5. The van der Waals surface area contributed by atoms with Gasteiger partial charge < -0.3 is 9.47 Å². The predicted molar refractivity (Wildman–Crippen MR) is 110 cm³/mol. The van der Waals surface area contributed by atoms with Gasteiger partial charge in [-0.1, -0.05) is 12.5 Å². The van der Waals surface area contributed by atoms with Gasteiger partial charge in [-0.25, -0.2) is 15.0 Å². The average molecular weight is 375 g/mol. The third-order valence-electron chi connectivity index (χ3n) is 5.21. The van der Waals surface area contributed by atoms with Crippen molar-refractivity contribution in [1.29, 1.82) is 0 Å². The Bertz CT molecular complexity index is 1000. The summed E-state index contributed by atoms with van der Waals surface area (Å²) in [5, 5.41) is 0. The van der Waals surface area contributed by atoms with Crippen LogP contribution in [0.2, 0.25) is 0 Å². The Labute approximate surface area is 165 Å². The summed E-state index contributed by atoms with van der Waals surface area (Å²) in [6.45, 7) is 1.99. The molecule has 1 aliphatic rings. The molecule has 0 amide bonds. The summed E-state index contributed by atoms with van der Waals surface area (Å²) in [5.74, 6) is 2.11. The third-order valence-corrected chi connectivity index (χ3v) is 5.21. The molecule has 0 atom stereocenters. The standard InChI is InChI=1S/C23H25N3O2/c1-15-8-7-11-19(24-15)23-25-18-10-6-4-5-9-17(18)22(26-23)16-12-13-20(27-2)21(14-16)28-3/h7-8,11-14H,4-6,9-10H2,1-3H3. The number of pyridine rings is 1. The molecule has 0 bridgehead atoms. The summed E-state index contributed by atoms with van der Waals surface area (Å²) in [7, 11) is 3.31. The number of hydrogen-bond acceptors (Lipinski definition) is 5. The van der Waals surface area contributed by atoms with E-state index in [2.05, 4.69) is 4.98 Å². The van der Waals surface area contributed by atoms with Gasteiger partial charge in [-0.15, -0.1) is 0 Å². The van der Waals surface area contributed by atoms with Gasteiger partial charge in [-0.3, -0.25) is 0 Å². The Morgan fingerprint density at radius 1 is 0.821 bits per heavy atom. The lowest BCUT2D eigenvalue weighted by Crippen LogP contribution is -2.05. The predicted octanol–water partition coefficient (Wildman–Crippen LogP) is 4.80. The Morgan fingerprint density at radius 2 is 1.64 bits per heavy atom. The molecule has 144 valence electrons. The molecule has 5 heteroatoms. The normalized spacial score (nSPS) is 13.5. The third kappa shape index (κ3) is 3.57. The van der Waals surface area contributed by atoms with Crippen molar-refractivity contribution in [3.05, 3.63) is 53.3 Å². The van der Waals surface area contributed by atoms with Gasteiger partial charge in [0.2, 0.25) is 0 Å². The Balaban J connectivity index is 1.91. The van der Waals surface area contributed by atoms with Crippen LogP contribution >= 0.6 is 0 Å². The highest BCUT2D eigenvalue weighted by atomic mass is 16.5. The summed E-state index contributed by atoms with van der Waals surface area (Å²) >= 11 is 0. The van der Waals surface area contributed by atoms with E-state index in [4.69, 9.17) is 19.4 Å². The monoisotopic (exact) mass is 375 g/mol. The van der Waals surface area contributed by atoms with E-state index in [1.807, 2.05) is 43.3 Å². The van der Waals surface area contributed by atoms with Crippen molar-refractivity contribution in [3.63, 3.8) is 0 Å². The minimum Gasteiger partial charge on any atom is -0.493 e. The number of methoxy groups -OCH3 is 2. The van der Waals surface area contributed by atoms with Crippen molar-refractivity contribution in [2.24, 2.45) is 0 Å². The molecule has 2 heterocycles. The van der Waals surface area contributed by atoms with E-state index in [9.17, 15) is 0 Å². The zero-order valence-corrected chi connectivity index (χ0v) is 16.7. The second-order valence-corrected chi connectivity index (χ2v) is 7.12. The molecule has 1 aliphatic carbocycles. The van der Waals surface area contributed by atoms with Gasteiger partial charge in [0, 0.05) is 22.5 Å². The largest absolute Gasteiger partial charge is 0.493 e. The fraction of sp³-hybridized carbons (Fsp3) is 0.348. The van der Waals surface area contributed by atoms with Crippen LogP contribution in [0.1, 0.15) is 36.2 Å². The van der Waals surface area contributed by atoms with E-state index < -0.39 is 0 Å². The molecule has 0 unspecified atom stereocenters. The molecule has 0 fully saturated rings. The molecule has 2 aromatic heterocycles. The molecule has 5 nitrogen and oxygen atoms in total. The number of hydrogen-bond donors (Lipinski definition) is 0. The minimum absolute atomic E-state index is 0.689. The first-order chi connectivity index (χ1) is 13.7. The Kier molecular flexibility index (Phi) is 5.24. The van der Waals surface area contributed by atoms with Crippen LogP contribution in [0.5, 0.6) is 11.5 Å². The van der Waals surface area contributed by atoms with E-state index in [-0.39, 0.29) is 0 Å². The minimum atomic E-state index is 0.689. The number of aryl methyl sites for hydroxylation is 2. The fourth-order valence-electron chi connectivity index (χ4n) is 3.78. The van der Waals surface area contributed by atoms with Gasteiger partial charge in [0.1, 0.15) is 5.69 Å². The molecule has 0 N–H and O–H groups in total. The Morgan fingerprint density at radius 3 is 2.43 bits per heavy atom. The molecule has 1 aromatic carbocycles. The van der Waals surface area contributed by atoms with Crippen molar-refractivity contribution in [2.45, 2.75) is 39.0 Å². The topological polar surface area (TPSA) is 57.1 Å². The molecular weight excluding hydrogens is 350 g/mol. The maximum Gasteiger partial charge on any atom is 0.178 e. The number of fused-ring (bicyclic) bond motifs is 1. The smallest absolute Gasteiger partial charge is 0.178 e. The molecule has 4 rings (SSSR count). The van der Waals surface area contributed by atoms with Gasteiger partial charge in [0.05, 0.1) is 19.9 Å². The Hall–Kier alpha value is -2.95. The van der Waals surface area contributed by atoms with Crippen molar-refractivity contribution in [2.75, 3.05) is 14.2 Å². The SMILES string of the molecule is COc1ccc(-c2nc(-c3cccc(C)n3)nc3c2CCCCC3)cc1OC. The van der Waals surface area contributed by atoms with Crippen LogP contribution in [0.4, 0.5) is 0 Å². The first kappa shape index (κ1) is 18.4. The second kappa shape index (κ2) is 7.97. The molecule has 0 aliphatic heterocycles. The van der Waals surface area contributed by atoms with Crippen LogP contribution in [0.3, 0.4) is 0 Å². The maximum absolute atomic E-state index is 5.52. The molecular formula is C23H25N3O2. The molecule has 0 saturated carbocycles. The lowest BCUT2D eigenvalue weighted by Gasteiger charge is -2.15. The first-order valence-corrected chi connectivity index (χ1v) is 9.76. The van der Waals surface area contributed by atoms with Gasteiger partial charge in [0.25, 0.3) is 0 Å². The van der Waals surface area contributed by atoms with Crippen LogP contribution in [0.15, 0.2) is 36.4 Å². The van der Waals surface area contributed by atoms with Gasteiger partial charge in [-0.05, 0) is 62.9 Å². The molecule has 0 saturated heterocycles.